The highest BCUT2D eigenvalue weighted by atomic mass is 32.1. The van der Waals surface area contributed by atoms with Crippen LogP contribution in [0.2, 0.25) is 0 Å². The first-order valence-corrected chi connectivity index (χ1v) is 4.47. The minimum Gasteiger partial charge on any atom is -0.242 e. The Hall–Kier alpha value is -1.19. The van der Waals surface area contributed by atoms with Crippen LogP contribution in [0, 0.1) is 6.92 Å². The van der Waals surface area contributed by atoms with Crippen molar-refractivity contribution in [2.75, 3.05) is 6.67 Å². The van der Waals surface area contributed by atoms with Crippen molar-refractivity contribution >= 4 is 17.4 Å². The van der Waals surface area contributed by atoms with Crippen molar-refractivity contribution in [1.82, 2.24) is 0 Å². The first kappa shape index (κ1) is 13.8. The van der Waals surface area contributed by atoms with Gasteiger partial charge in [-0.25, -0.2) is 4.39 Å². The number of nitrogens with zero attached hydrogens (tertiary/aromatic N) is 1. The molecule has 0 amide bonds. The molecule has 1 aromatic rings. The molecule has 1 aromatic carbocycles. The molecule has 0 saturated heterocycles. The summed E-state index contributed by atoms with van der Waals surface area (Å²) in [5.41, 5.74) is 1.32. The molecule has 0 saturated carbocycles. The van der Waals surface area contributed by atoms with Crippen LogP contribution in [0.4, 0.5) is 13.2 Å². The monoisotopic (exact) mass is 233 g/mol. The maximum atomic E-state index is 11.5. The van der Waals surface area contributed by atoms with Crippen LogP contribution in [0.15, 0.2) is 35.3 Å². The van der Waals surface area contributed by atoms with Crippen LogP contribution in [-0.2, 0) is 0 Å². The van der Waals surface area contributed by atoms with E-state index in [0.717, 1.165) is 0 Å². The Morgan fingerprint density at radius 2 is 1.87 bits per heavy atom. The van der Waals surface area contributed by atoms with E-state index < -0.39 is 12.7 Å². The molecular weight excluding hydrogens is 223 g/mol. The highest BCUT2D eigenvalue weighted by Gasteiger charge is 2.26. The highest BCUT2D eigenvalue weighted by molar-refractivity contribution is 7.78. The third-order valence-corrected chi connectivity index (χ3v) is 1.40. The van der Waals surface area contributed by atoms with Gasteiger partial charge in [0.2, 0.25) is 0 Å². The molecular formula is C10H10F3NS. The largest absolute Gasteiger partial charge is 0.378 e. The van der Waals surface area contributed by atoms with Gasteiger partial charge in [-0.1, -0.05) is 35.9 Å². The van der Waals surface area contributed by atoms with Crippen molar-refractivity contribution < 1.29 is 13.2 Å². The molecule has 15 heavy (non-hydrogen) atoms. The minimum atomic E-state index is -3.66. The van der Waals surface area contributed by atoms with Crippen LogP contribution < -0.4 is 0 Å². The third kappa shape index (κ3) is 7.85. The summed E-state index contributed by atoms with van der Waals surface area (Å²) in [5, 5.41) is 1.38. The van der Waals surface area contributed by atoms with Crippen LogP contribution in [0.3, 0.4) is 0 Å². The molecule has 0 unspecified atom stereocenters. The van der Waals surface area contributed by atoms with Crippen LogP contribution >= 0.6 is 12.2 Å². The molecule has 0 aliphatic carbocycles. The standard InChI is InChI=1S/C7H8.C3H2F3NS/c1-7-5-3-2-4-6-7;4-1-3(5,6)7-2-8/h2-6H,1H3;1H2. The van der Waals surface area contributed by atoms with Crippen molar-refractivity contribution in [1.29, 1.82) is 0 Å². The van der Waals surface area contributed by atoms with Gasteiger partial charge in [0, 0.05) is 0 Å². The van der Waals surface area contributed by atoms with E-state index in [1.54, 1.807) is 0 Å². The van der Waals surface area contributed by atoms with E-state index >= 15 is 0 Å². The molecule has 5 heteroatoms. The van der Waals surface area contributed by atoms with Crippen molar-refractivity contribution in [3.63, 3.8) is 0 Å². The molecule has 0 atom stereocenters. The SMILES string of the molecule is Cc1ccccc1.FCC(F)(F)N=C=S. The normalized spacial score (nSPS) is 9.60. The van der Waals surface area contributed by atoms with Gasteiger partial charge >= 0.3 is 6.05 Å². The third-order valence-electron chi connectivity index (χ3n) is 1.31. The Morgan fingerprint density at radius 3 is 2.07 bits per heavy atom. The number of hydrogen-bond acceptors (Lipinski definition) is 2. The molecule has 0 aromatic heterocycles. The number of aryl methyl sites for hydroxylation is 1. The Balaban J connectivity index is 0.000000262. The summed E-state index contributed by atoms with van der Waals surface area (Å²) < 4.78 is 34.0. The number of benzene rings is 1. The highest BCUT2D eigenvalue weighted by Crippen LogP contribution is 2.13. The molecule has 0 radical (unpaired) electrons. The second kappa shape index (κ2) is 7.15. The molecule has 0 fully saturated rings. The van der Waals surface area contributed by atoms with Gasteiger partial charge in [0.15, 0.2) is 6.67 Å². The lowest BCUT2D eigenvalue weighted by atomic mass is 10.2. The summed E-state index contributed by atoms with van der Waals surface area (Å²) in [6.45, 7) is 0.261. The smallest absolute Gasteiger partial charge is 0.242 e. The molecule has 0 heterocycles. The fraction of sp³-hybridized carbons (Fsp3) is 0.300. The zero-order valence-corrected chi connectivity index (χ0v) is 8.90. The number of isothiocyanates is 1. The van der Waals surface area contributed by atoms with Crippen LogP contribution in [0.5, 0.6) is 0 Å². The molecule has 0 aliphatic heterocycles. The predicted molar refractivity (Wildman–Crippen MR) is 57.1 cm³/mol. The van der Waals surface area contributed by atoms with E-state index in [9.17, 15) is 13.2 Å². The summed E-state index contributed by atoms with van der Waals surface area (Å²) in [5.74, 6) is 0. The van der Waals surface area contributed by atoms with Gasteiger partial charge in [-0.15, -0.1) is 0 Å². The molecule has 0 bridgehead atoms. The van der Waals surface area contributed by atoms with Gasteiger partial charge in [0.25, 0.3) is 0 Å². The summed E-state index contributed by atoms with van der Waals surface area (Å²) in [6, 6.07) is 6.60. The Morgan fingerprint density at radius 1 is 1.33 bits per heavy atom. The summed E-state index contributed by atoms with van der Waals surface area (Å²) in [6.07, 6.45) is 0. The van der Waals surface area contributed by atoms with Crippen molar-refractivity contribution in [3.8, 4) is 0 Å². The lowest BCUT2D eigenvalue weighted by Gasteiger charge is -1.99. The molecule has 1 nitrogen and oxygen atoms in total. The molecule has 1 rings (SSSR count). The quantitative estimate of drug-likeness (QED) is 0.431. The zero-order valence-electron chi connectivity index (χ0n) is 8.08. The van der Waals surface area contributed by atoms with Gasteiger partial charge in [0.05, 0.1) is 5.16 Å². The van der Waals surface area contributed by atoms with E-state index in [1.165, 1.54) is 10.7 Å². The first-order valence-electron chi connectivity index (χ1n) is 4.06. The molecule has 0 N–H and O–H groups in total. The lowest BCUT2D eigenvalue weighted by molar-refractivity contribution is -0.0120. The zero-order chi connectivity index (χ0) is 11.7. The average molecular weight is 233 g/mol. The van der Waals surface area contributed by atoms with Gasteiger partial charge in [-0.05, 0) is 19.1 Å². The number of rotatable bonds is 2. The number of aliphatic imine (C=N–C) groups is 1. The van der Waals surface area contributed by atoms with Gasteiger partial charge in [-0.2, -0.15) is 13.8 Å². The van der Waals surface area contributed by atoms with Gasteiger partial charge < -0.3 is 0 Å². The van der Waals surface area contributed by atoms with Gasteiger partial charge in [-0.3, -0.25) is 0 Å². The van der Waals surface area contributed by atoms with E-state index in [1.807, 2.05) is 18.2 Å². The molecule has 0 spiro atoms. The fourth-order valence-electron chi connectivity index (χ4n) is 0.631. The number of hydrogen-bond donors (Lipinski definition) is 0. The topological polar surface area (TPSA) is 12.4 Å². The van der Waals surface area contributed by atoms with Gasteiger partial charge in [0.1, 0.15) is 0 Å². The summed E-state index contributed by atoms with van der Waals surface area (Å²) in [4.78, 5) is 2.23. The predicted octanol–water partition coefficient (Wildman–Crippen LogP) is 3.65. The van der Waals surface area contributed by atoms with E-state index in [-0.39, 0.29) is 0 Å². The fourth-order valence-corrected chi connectivity index (χ4v) is 0.765. The molecule has 82 valence electrons. The minimum absolute atomic E-state index is 1.32. The van der Waals surface area contributed by atoms with E-state index in [2.05, 4.69) is 36.3 Å². The summed E-state index contributed by atoms with van der Waals surface area (Å²) in [7, 11) is 0. The maximum Gasteiger partial charge on any atom is 0.378 e. The average Bonchev–Trinajstić information content (AvgIpc) is 2.20. The number of alkyl halides is 3. The van der Waals surface area contributed by atoms with Crippen molar-refractivity contribution in [2.24, 2.45) is 4.99 Å². The Kier molecular flexibility index (Phi) is 6.58. The first-order chi connectivity index (χ1) is 7.02. The van der Waals surface area contributed by atoms with Crippen molar-refractivity contribution in [2.45, 2.75) is 13.0 Å². The second-order valence-electron chi connectivity index (χ2n) is 2.66. The van der Waals surface area contributed by atoms with E-state index in [0.29, 0.717) is 0 Å². The summed E-state index contributed by atoms with van der Waals surface area (Å²) >= 11 is 3.80. The Bertz CT molecular complexity index is 321. The Labute approximate surface area is 91.6 Å². The maximum absolute atomic E-state index is 11.5. The lowest BCUT2D eigenvalue weighted by Crippen LogP contribution is -2.13. The second-order valence-corrected chi connectivity index (χ2v) is 2.84. The number of halogens is 3. The van der Waals surface area contributed by atoms with Crippen LogP contribution in [-0.4, -0.2) is 17.9 Å². The van der Waals surface area contributed by atoms with Crippen molar-refractivity contribution in [3.05, 3.63) is 35.9 Å². The van der Waals surface area contributed by atoms with Crippen LogP contribution in [0.25, 0.3) is 0 Å². The number of thiocarbonyl (C=S) groups is 1. The van der Waals surface area contributed by atoms with E-state index in [4.69, 9.17) is 0 Å². The molecule has 0 aliphatic rings. The van der Waals surface area contributed by atoms with Crippen LogP contribution in [0.1, 0.15) is 5.56 Å².